The Balaban J connectivity index is 1.69. The summed E-state index contributed by atoms with van der Waals surface area (Å²) in [6.07, 6.45) is 3.83. The lowest BCUT2D eigenvalue weighted by atomic mass is 10.1. The summed E-state index contributed by atoms with van der Waals surface area (Å²) in [6.45, 7) is 2.85. The minimum atomic E-state index is 0.751. The van der Waals surface area contributed by atoms with Crippen molar-refractivity contribution < 1.29 is 0 Å². The molecule has 96 valence electrons. The molecule has 0 fully saturated rings. The van der Waals surface area contributed by atoms with Crippen LogP contribution in [0.2, 0.25) is 0 Å². The molecule has 19 heavy (non-hydrogen) atoms. The molecule has 0 saturated carbocycles. The van der Waals surface area contributed by atoms with Crippen molar-refractivity contribution >= 4 is 17.0 Å². The Morgan fingerprint density at radius 2 is 2.21 bits per heavy atom. The lowest BCUT2D eigenvalue weighted by molar-refractivity contribution is 0.913. The lowest BCUT2D eigenvalue weighted by Gasteiger charge is -2.06. The standard InChI is InChI=1S/C16H16N2S/c1-11-7-14(6-5-13(11)9-17)18-10-15-8-12-3-2-4-16(12)19-15/h5-8,18H,2-4,10H2,1H3. The van der Waals surface area contributed by atoms with Gasteiger partial charge >= 0.3 is 0 Å². The normalized spacial score (nSPS) is 13.1. The number of hydrogen-bond acceptors (Lipinski definition) is 3. The SMILES string of the molecule is Cc1cc(NCc2cc3c(s2)CCC3)ccc1C#N. The summed E-state index contributed by atoms with van der Waals surface area (Å²) >= 11 is 1.94. The zero-order valence-electron chi connectivity index (χ0n) is 11.0. The van der Waals surface area contributed by atoms with Crippen molar-refractivity contribution in [3.05, 3.63) is 50.7 Å². The maximum atomic E-state index is 8.92. The minimum Gasteiger partial charge on any atom is -0.380 e. The maximum Gasteiger partial charge on any atom is 0.0994 e. The predicted molar refractivity (Wildman–Crippen MR) is 79.6 cm³/mol. The van der Waals surface area contributed by atoms with Crippen molar-refractivity contribution in [2.24, 2.45) is 0 Å². The van der Waals surface area contributed by atoms with Crippen LogP contribution < -0.4 is 5.32 Å². The Bertz CT molecular complexity index is 628. The number of aryl methyl sites for hydroxylation is 3. The van der Waals surface area contributed by atoms with E-state index in [-0.39, 0.29) is 0 Å². The summed E-state index contributed by atoms with van der Waals surface area (Å²) in [5.41, 5.74) is 4.42. The number of fused-ring (bicyclic) bond motifs is 1. The Hall–Kier alpha value is -1.79. The first-order valence-electron chi connectivity index (χ1n) is 6.61. The van der Waals surface area contributed by atoms with E-state index in [1.165, 1.54) is 24.1 Å². The summed E-state index contributed by atoms with van der Waals surface area (Å²) in [7, 11) is 0. The number of rotatable bonds is 3. The van der Waals surface area contributed by atoms with Crippen LogP contribution in [0.4, 0.5) is 5.69 Å². The van der Waals surface area contributed by atoms with Crippen LogP contribution in [0.1, 0.15) is 32.9 Å². The Labute approximate surface area is 117 Å². The molecule has 1 aromatic carbocycles. The van der Waals surface area contributed by atoms with Crippen LogP contribution in [0, 0.1) is 18.3 Å². The molecule has 2 aromatic rings. The fourth-order valence-corrected chi connectivity index (χ4v) is 3.77. The van der Waals surface area contributed by atoms with Crippen LogP contribution in [-0.2, 0) is 19.4 Å². The highest BCUT2D eigenvalue weighted by atomic mass is 32.1. The molecule has 0 spiro atoms. The molecule has 1 heterocycles. The Morgan fingerprint density at radius 3 is 2.95 bits per heavy atom. The molecule has 2 nitrogen and oxygen atoms in total. The smallest absolute Gasteiger partial charge is 0.0994 e. The summed E-state index contributed by atoms with van der Waals surface area (Å²) in [6, 6.07) is 10.4. The van der Waals surface area contributed by atoms with Gasteiger partial charge in [0.05, 0.1) is 11.6 Å². The molecule has 0 amide bonds. The van der Waals surface area contributed by atoms with Gasteiger partial charge in [0.15, 0.2) is 0 Å². The van der Waals surface area contributed by atoms with Gasteiger partial charge in [-0.2, -0.15) is 5.26 Å². The van der Waals surface area contributed by atoms with E-state index in [1.54, 1.807) is 10.4 Å². The number of hydrogen-bond donors (Lipinski definition) is 1. The number of nitrogens with one attached hydrogen (secondary N) is 1. The first-order chi connectivity index (χ1) is 9.26. The summed E-state index contributed by atoms with van der Waals surface area (Å²) in [4.78, 5) is 2.99. The van der Waals surface area contributed by atoms with Crippen LogP contribution >= 0.6 is 11.3 Å². The monoisotopic (exact) mass is 268 g/mol. The third-order valence-corrected chi connectivity index (χ3v) is 4.85. The molecule has 0 bridgehead atoms. The van der Waals surface area contributed by atoms with E-state index in [1.807, 2.05) is 36.5 Å². The van der Waals surface area contributed by atoms with E-state index in [2.05, 4.69) is 17.5 Å². The predicted octanol–water partition coefficient (Wildman–Crippen LogP) is 4.03. The van der Waals surface area contributed by atoms with Crippen molar-refractivity contribution in [2.45, 2.75) is 32.7 Å². The largest absolute Gasteiger partial charge is 0.380 e. The van der Waals surface area contributed by atoms with Crippen molar-refractivity contribution in [1.29, 1.82) is 5.26 Å². The zero-order valence-corrected chi connectivity index (χ0v) is 11.8. The van der Waals surface area contributed by atoms with E-state index in [0.717, 1.165) is 23.4 Å². The molecule has 0 radical (unpaired) electrons. The molecule has 1 aliphatic carbocycles. The molecular weight excluding hydrogens is 252 g/mol. The van der Waals surface area contributed by atoms with Gasteiger partial charge in [0.25, 0.3) is 0 Å². The topological polar surface area (TPSA) is 35.8 Å². The fraction of sp³-hybridized carbons (Fsp3) is 0.312. The van der Waals surface area contributed by atoms with Crippen LogP contribution in [0.25, 0.3) is 0 Å². The number of benzene rings is 1. The summed E-state index contributed by atoms with van der Waals surface area (Å²) < 4.78 is 0. The first kappa shape index (κ1) is 12.3. The minimum absolute atomic E-state index is 0.751. The van der Waals surface area contributed by atoms with Crippen LogP contribution in [-0.4, -0.2) is 0 Å². The molecule has 3 rings (SSSR count). The van der Waals surface area contributed by atoms with E-state index in [9.17, 15) is 0 Å². The van der Waals surface area contributed by atoms with Crippen molar-refractivity contribution in [3.63, 3.8) is 0 Å². The molecule has 1 aliphatic rings. The molecule has 3 heteroatoms. The third-order valence-electron chi connectivity index (χ3n) is 3.61. The fourth-order valence-electron chi connectivity index (χ4n) is 2.57. The molecule has 1 aromatic heterocycles. The molecule has 0 aliphatic heterocycles. The highest BCUT2D eigenvalue weighted by Crippen LogP contribution is 2.31. The van der Waals surface area contributed by atoms with E-state index >= 15 is 0 Å². The van der Waals surface area contributed by atoms with E-state index in [4.69, 9.17) is 5.26 Å². The number of nitrogens with zero attached hydrogens (tertiary/aromatic N) is 1. The second kappa shape index (κ2) is 5.07. The highest BCUT2D eigenvalue weighted by Gasteiger charge is 2.14. The highest BCUT2D eigenvalue weighted by molar-refractivity contribution is 7.12. The van der Waals surface area contributed by atoms with E-state index < -0.39 is 0 Å². The first-order valence-corrected chi connectivity index (χ1v) is 7.43. The Kier molecular flexibility index (Phi) is 3.27. The van der Waals surface area contributed by atoms with Gasteiger partial charge in [0.1, 0.15) is 0 Å². The molecule has 0 unspecified atom stereocenters. The second-order valence-corrected chi connectivity index (χ2v) is 6.23. The van der Waals surface area contributed by atoms with E-state index in [0.29, 0.717) is 0 Å². The average Bonchev–Trinajstić information content (AvgIpc) is 2.97. The number of anilines is 1. The number of thiophene rings is 1. The van der Waals surface area contributed by atoms with Crippen molar-refractivity contribution in [1.82, 2.24) is 0 Å². The van der Waals surface area contributed by atoms with Gasteiger partial charge in [-0.05, 0) is 61.6 Å². The molecular formula is C16H16N2S. The molecule has 0 atom stereocenters. The quantitative estimate of drug-likeness (QED) is 0.912. The zero-order chi connectivity index (χ0) is 13.2. The van der Waals surface area contributed by atoms with Gasteiger partial charge in [-0.15, -0.1) is 11.3 Å². The van der Waals surface area contributed by atoms with Crippen LogP contribution in [0.15, 0.2) is 24.3 Å². The molecule has 0 saturated heterocycles. The van der Waals surface area contributed by atoms with Crippen molar-refractivity contribution in [3.8, 4) is 6.07 Å². The van der Waals surface area contributed by atoms with Crippen LogP contribution in [0.5, 0.6) is 0 Å². The third kappa shape index (κ3) is 2.50. The van der Waals surface area contributed by atoms with Crippen LogP contribution in [0.3, 0.4) is 0 Å². The van der Waals surface area contributed by atoms with Gasteiger partial charge in [0.2, 0.25) is 0 Å². The summed E-state index contributed by atoms with van der Waals surface area (Å²) in [5.74, 6) is 0. The van der Waals surface area contributed by atoms with Gasteiger partial charge in [-0.1, -0.05) is 0 Å². The molecule has 1 N–H and O–H groups in total. The number of nitriles is 1. The summed E-state index contributed by atoms with van der Waals surface area (Å²) in [5, 5.41) is 12.4. The average molecular weight is 268 g/mol. The van der Waals surface area contributed by atoms with Gasteiger partial charge in [-0.25, -0.2) is 0 Å². The van der Waals surface area contributed by atoms with Crippen molar-refractivity contribution in [2.75, 3.05) is 5.32 Å². The van der Waals surface area contributed by atoms with Gasteiger partial charge in [0, 0.05) is 22.0 Å². The lowest BCUT2D eigenvalue weighted by Crippen LogP contribution is -1.98. The maximum absolute atomic E-state index is 8.92. The van der Waals surface area contributed by atoms with Gasteiger partial charge in [-0.3, -0.25) is 0 Å². The Morgan fingerprint density at radius 1 is 1.32 bits per heavy atom. The van der Waals surface area contributed by atoms with Gasteiger partial charge < -0.3 is 5.32 Å². The second-order valence-electron chi connectivity index (χ2n) is 5.01.